The molecule has 1 aliphatic heterocycles. The number of guanidine groups is 1. The van der Waals surface area contributed by atoms with E-state index in [1.54, 1.807) is 0 Å². The number of hydrogen-bond acceptors (Lipinski definition) is 4. The molecule has 0 aliphatic carbocycles. The Kier molecular flexibility index (Phi) is 10.0. The fourth-order valence-electron chi connectivity index (χ4n) is 2.66. The third-order valence-electron chi connectivity index (χ3n) is 4.02. The first-order valence-corrected chi connectivity index (χ1v) is 9.93. The highest BCUT2D eigenvalue weighted by Crippen LogP contribution is 2.16. The van der Waals surface area contributed by atoms with Gasteiger partial charge in [0.2, 0.25) is 0 Å². The molecule has 1 aromatic heterocycles. The third-order valence-corrected chi connectivity index (χ3v) is 4.72. The Morgan fingerprint density at radius 3 is 2.88 bits per heavy atom. The molecule has 138 valence electrons. The number of thioether (sulfide) groups is 1. The summed E-state index contributed by atoms with van der Waals surface area (Å²) in [7, 11) is 1.83. The molecule has 0 bridgehead atoms. The predicted molar refractivity (Wildman–Crippen MR) is 114 cm³/mol. The van der Waals surface area contributed by atoms with Gasteiger partial charge in [-0.2, -0.15) is 16.9 Å². The van der Waals surface area contributed by atoms with Gasteiger partial charge in [0.1, 0.15) is 5.82 Å². The number of aromatic nitrogens is 3. The molecular weight excluding hydrogens is 435 g/mol. The summed E-state index contributed by atoms with van der Waals surface area (Å²) in [6.45, 7) is 6.11. The standard InChI is InChI=1S/C16H30N6S.HI/c1-12(2)15-20-14-8-7-13(11-22(14)21-15)19-16(17-3)18-9-5-6-10-23-4;/h12-13H,5-11H2,1-4H3,(H2,17,18,19);1H. The molecule has 6 nitrogen and oxygen atoms in total. The van der Waals surface area contributed by atoms with Crippen LogP contribution in [0.5, 0.6) is 0 Å². The zero-order chi connectivity index (χ0) is 16.7. The van der Waals surface area contributed by atoms with Crippen LogP contribution < -0.4 is 10.6 Å². The quantitative estimate of drug-likeness (QED) is 0.280. The van der Waals surface area contributed by atoms with Gasteiger partial charge in [0.25, 0.3) is 0 Å². The summed E-state index contributed by atoms with van der Waals surface area (Å²) in [6.07, 6.45) is 6.62. The first-order valence-electron chi connectivity index (χ1n) is 8.53. The van der Waals surface area contributed by atoms with Gasteiger partial charge >= 0.3 is 0 Å². The van der Waals surface area contributed by atoms with E-state index in [4.69, 9.17) is 0 Å². The Bertz CT molecular complexity index is 517. The number of nitrogens with zero attached hydrogens (tertiary/aromatic N) is 4. The normalized spacial score (nSPS) is 17.4. The van der Waals surface area contributed by atoms with Crippen molar-refractivity contribution in [2.75, 3.05) is 25.6 Å². The van der Waals surface area contributed by atoms with E-state index in [-0.39, 0.29) is 24.0 Å². The largest absolute Gasteiger partial charge is 0.356 e. The molecule has 0 saturated heterocycles. The molecule has 1 aliphatic rings. The lowest BCUT2D eigenvalue weighted by Gasteiger charge is -2.25. The molecule has 2 heterocycles. The number of fused-ring (bicyclic) bond motifs is 1. The minimum Gasteiger partial charge on any atom is -0.356 e. The lowest BCUT2D eigenvalue weighted by atomic mass is 10.1. The summed E-state index contributed by atoms with van der Waals surface area (Å²) in [5.74, 6) is 4.58. The highest BCUT2D eigenvalue weighted by Gasteiger charge is 2.22. The maximum atomic E-state index is 4.64. The summed E-state index contributed by atoms with van der Waals surface area (Å²) in [4.78, 5) is 8.97. The number of hydrogen-bond donors (Lipinski definition) is 2. The summed E-state index contributed by atoms with van der Waals surface area (Å²) in [5.41, 5.74) is 0. The van der Waals surface area contributed by atoms with Crippen molar-refractivity contribution < 1.29 is 0 Å². The van der Waals surface area contributed by atoms with E-state index in [1.807, 2.05) is 18.8 Å². The van der Waals surface area contributed by atoms with E-state index in [0.717, 1.165) is 43.5 Å². The van der Waals surface area contributed by atoms with Gasteiger partial charge in [0.15, 0.2) is 11.8 Å². The van der Waals surface area contributed by atoms with Crippen molar-refractivity contribution in [1.82, 2.24) is 25.4 Å². The van der Waals surface area contributed by atoms with Crippen molar-refractivity contribution >= 4 is 41.7 Å². The molecule has 8 heteroatoms. The highest BCUT2D eigenvalue weighted by atomic mass is 127. The van der Waals surface area contributed by atoms with E-state index < -0.39 is 0 Å². The fourth-order valence-corrected chi connectivity index (χ4v) is 3.15. The molecule has 0 amide bonds. The van der Waals surface area contributed by atoms with Crippen LogP contribution in [0.25, 0.3) is 0 Å². The minimum atomic E-state index is 0. The van der Waals surface area contributed by atoms with E-state index in [2.05, 4.69) is 50.5 Å². The van der Waals surface area contributed by atoms with Crippen LogP contribution >= 0.6 is 35.7 Å². The van der Waals surface area contributed by atoms with E-state index >= 15 is 0 Å². The lowest BCUT2D eigenvalue weighted by Crippen LogP contribution is -2.47. The molecule has 0 fully saturated rings. The average molecular weight is 466 g/mol. The molecule has 1 unspecified atom stereocenters. The zero-order valence-electron chi connectivity index (χ0n) is 15.2. The average Bonchev–Trinajstić information content (AvgIpc) is 2.97. The lowest BCUT2D eigenvalue weighted by molar-refractivity contribution is 0.391. The first kappa shape index (κ1) is 21.5. The van der Waals surface area contributed by atoms with E-state index in [9.17, 15) is 0 Å². The Hall–Kier alpha value is -0.510. The molecule has 0 spiro atoms. The van der Waals surface area contributed by atoms with Crippen molar-refractivity contribution in [3.63, 3.8) is 0 Å². The number of halogens is 1. The smallest absolute Gasteiger partial charge is 0.191 e. The van der Waals surface area contributed by atoms with Gasteiger partial charge in [-0.15, -0.1) is 24.0 Å². The number of aliphatic imine (C=N–C) groups is 1. The van der Waals surface area contributed by atoms with Crippen molar-refractivity contribution in [1.29, 1.82) is 0 Å². The number of unbranched alkanes of at least 4 members (excludes halogenated alkanes) is 1. The Morgan fingerprint density at radius 2 is 2.21 bits per heavy atom. The zero-order valence-corrected chi connectivity index (χ0v) is 18.4. The van der Waals surface area contributed by atoms with E-state index in [0.29, 0.717) is 12.0 Å². The number of rotatable bonds is 7. The second-order valence-corrected chi connectivity index (χ2v) is 7.29. The molecule has 0 radical (unpaired) electrons. The molecule has 24 heavy (non-hydrogen) atoms. The van der Waals surface area contributed by atoms with Crippen LogP contribution in [-0.2, 0) is 13.0 Å². The SMILES string of the molecule is CN=C(NCCCCSC)NC1CCc2nc(C(C)C)nn2C1.I. The van der Waals surface area contributed by atoms with Crippen LogP contribution in [0.15, 0.2) is 4.99 Å². The van der Waals surface area contributed by atoms with Crippen LogP contribution in [0.1, 0.15) is 50.7 Å². The molecule has 2 rings (SSSR count). The summed E-state index contributed by atoms with van der Waals surface area (Å²) in [6, 6.07) is 0.363. The van der Waals surface area contributed by atoms with Gasteiger partial charge in [0, 0.05) is 32.0 Å². The van der Waals surface area contributed by atoms with Crippen LogP contribution in [0.4, 0.5) is 0 Å². The van der Waals surface area contributed by atoms with Crippen LogP contribution in [0.3, 0.4) is 0 Å². The maximum Gasteiger partial charge on any atom is 0.191 e. The second kappa shape index (κ2) is 11.2. The van der Waals surface area contributed by atoms with Crippen LogP contribution in [-0.4, -0.2) is 52.4 Å². The third kappa shape index (κ3) is 6.42. The van der Waals surface area contributed by atoms with E-state index in [1.165, 1.54) is 18.6 Å². The molecule has 1 atom stereocenters. The highest BCUT2D eigenvalue weighted by molar-refractivity contribution is 14.0. The Morgan fingerprint density at radius 1 is 1.42 bits per heavy atom. The van der Waals surface area contributed by atoms with Gasteiger partial charge in [-0.1, -0.05) is 13.8 Å². The van der Waals surface area contributed by atoms with Gasteiger partial charge in [-0.05, 0) is 31.3 Å². The fraction of sp³-hybridized carbons (Fsp3) is 0.812. The Labute approximate surface area is 167 Å². The van der Waals surface area contributed by atoms with Gasteiger partial charge in [-0.25, -0.2) is 9.67 Å². The molecule has 0 aromatic carbocycles. The summed E-state index contributed by atoms with van der Waals surface area (Å²) >= 11 is 1.90. The van der Waals surface area contributed by atoms with Gasteiger partial charge in [-0.3, -0.25) is 4.99 Å². The molecule has 2 N–H and O–H groups in total. The maximum absolute atomic E-state index is 4.64. The van der Waals surface area contributed by atoms with Crippen LogP contribution in [0, 0.1) is 0 Å². The second-order valence-electron chi connectivity index (χ2n) is 6.30. The van der Waals surface area contributed by atoms with Crippen molar-refractivity contribution in [3.8, 4) is 0 Å². The predicted octanol–water partition coefficient (Wildman–Crippen LogP) is 2.64. The molecule has 1 aromatic rings. The summed E-state index contributed by atoms with van der Waals surface area (Å²) in [5, 5.41) is 11.6. The topological polar surface area (TPSA) is 67.1 Å². The van der Waals surface area contributed by atoms with Gasteiger partial charge < -0.3 is 10.6 Å². The number of nitrogens with one attached hydrogen (secondary N) is 2. The minimum absolute atomic E-state index is 0. The Balaban J connectivity index is 0.00000288. The van der Waals surface area contributed by atoms with Crippen molar-refractivity contribution in [3.05, 3.63) is 11.6 Å². The number of aryl methyl sites for hydroxylation is 1. The van der Waals surface area contributed by atoms with Crippen LogP contribution in [0.2, 0.25) is 0 Å². The molecule has 0 saturated carbocycles. The monoisotopic (exact) mass is 466 g/mol. The summed E-state index contributed by atoms with van der Waals surface area (Å²) < 4.78 is 2.06. The van der Waals surface area contributed by atoms with Gasteiger partial charge in [0.05, 0.1) is 6.54 Å². The van der Waals surface area contributed by atoms with Crippen molar-refractivity contribution in [2.24, 2.45) is 4.99 Å². The van der Waals surface area contributed by atoms with Crippen molar-refractivity contribution in [2.45, 2.75) is 58.0 Å². The first-order chi connectivity index (χ1) is 11.1. The molecular formula is C16H31IN6S.